The largest absolute Gasteiger partial charge is 0.374 e. The molecule has 1 heterocycles. The molecule has 6 heteroatoms. The lowest BCUT2D eigenvalue weighted by atomic mass is 10.1. The summed E-state index contributed by atoms with van der Waals surface area (Å²) < 4.78 is 5.68. The molecule has 5 nitrogen and oxygen atoms in total. The molecule has 0 atom stereocenters. The van der Waals surface area contributed by atoms with E-state index in [-0.39, 0.29) is 6.10 Å². The van der Waals surface area contributed by atoms with Gasteiger partial charge >= 0.3 is 0 Å². The van der Waals surface area contributed by atoms with E-state index in [1.807, 2.05) is 20.8 Å². The van der Waals surface area contributed by atoms with Crippen LogP contribution in [-0.4, -0.2) is 23.6 Å². The van der Waals surface area contributed by atoms with Gasteiger partial charge in [0.25, 0.3) is 0 Å². The van der Waals surface area contributed by atoms with Crippen LogP contribution in [0.2, 0.25) is 0 Å². The average Bonchev–Trinajstić information content (AvgIpc) is 2.94. The highest BCUT2D eigenvalue weighted by Crippen LogP contribution is 2.16. The number of ether oxygens (including phenoxy) is 1. The molecule has 2 aromatic rings. The fourth-order valence-corrected chi connectivity index (χ4v) is 3.24. The Labute approximate surface area is 160 Å². The second-order valence-corrected chi connectivity index (χ2v) is 7.77. The van der Waals surface area contributed by atoms with Crippen LogP contribution in [-0.2, 0) is 24.4 Å². The fraction of sp³-hybridized carbons (Fsp3) is 0.500. The number of nitrogens with zero attached hydrogens (tertiary/aromatic N) is 2. The Hall–Kier alpha value is -1.92. The van der Waals surface area contributed by atoms with Crippen molar-refractivity contribution in [1.82, 2.24) is 15.6 Å². The summed E-state index contributed by atoms with van der Waals surface area (Å²) in [5, 5.41) is 7.74. The van der Waals surface area contributed by atoms with Crippen LogP contribution in [0, 0.1) is 13.8 Å². The molecule has 0 aliphatic heterocycles. The number of rotatable bonds is 8. The van der Waals surface area contributed by atoms with Gasteiger partial charge in [0.15, 0.2) is 5.96 Å². The van der Waals surface area contributed by atoms with E-state index in [9.17, 15) is 0 Å². The van der Waals surface area contributed by atoms with Gasteiger partial charge in [-0.1, -0.05) is 24.3 Å². The minimum atomic E-state index is 0.236. The van der Waals surface area contributed by atoms with E-state index in [1.54, 1.807) is 11.3 Å². The second-order valence-electron chi connectivity index (χ2n) is 6.48. The molecule has 0 radical (unpaired) electrons. The Kier molecular flexibility index (Phi) is 8.06. The summed E-state index contributed by atoms with van der Waals surface area (Å²) in [5.41, 5.74) is 3.46. The fourth-order valence-electron chi connectivity index (χ4n) is 2.37. The van der Waals surface area contributed by atoms with Crippen molar-refractivity contribution in [3.8, 4) is 0 Å². The first-order chi connectivity index (χ1) is 12.5. The van der Waals surface area contributed by atoms with Crippen LogP contribution >= 0.6 is 11.3 Å². The summed E-state index contributed by atoms with van der Waals surface area (Å²) in [6.07, 6.45) is 0.236. The third kappa shape index (κ3) is 6.77. The van der Waals surface area contributed by atoms with Crippen molar-refractivity contribution in [2.24, 2.45) is 4.99 Å². The van der Waals surface area contributed by atoms with Crippen LogP contribution in [0.5, 0.6) is 0 Å². The van der Waals surface area contributed by atoms with Gasteiger partial charge in [-0.2, -0.15) is 0 Å². The average molecular weight is 375 g/mol. The van der Waals surface area contributed by atoms with Gasteiger partial charge in [0.2, 0.25) is 0 Å². The Morgan fingerprint density at radius 2 is 2.00 bits per heavy atom. The molecule has 0 bridgehead atoms. The number of thiazole rings is 1. The Morgan fingerprint density at radius 3 is 2.65 bits per heavy atom. The SMILES string of the molecule is CCNC(=NCc1cccc(COC(C)C)c1)NCc1nc(C)c(C)s1. The lowest BCUT2D eigenvalue weighted by molar-refractivity contribution is 0.0657. The molecular formula is C20H30N4OS. The molecule has 0 spiro atoms. The summed E-state index contributed by atoms with van der Waals surface area (Å²) in [5.74, 6) is 0.807. The number of benzene rings is 1. The summed E-state index contributed by atoms with van der Waals surface area (Å²) in [4.78, 5) is 10.5. The maximum absolute atomic E-state index is 5.68. The van der Waals surface area contributed by atoms with Gasteiger partial charge < -0.3 is 15.4 Å². The summed E-state index contributed by atoms with van der Waals surface area (Å²) in [6.45, 7) is 13.1. The van der Waals surface area contributed by atoms with Crippen LogP contribution in [0.25, 0.3) is 0 Å². The maximum atomic E-state index is 5.68. The zero-order valence-corrected chi connectivity index (χ0v) is 17.2. The van der Waals surface area contributed by atoms with Gasteiger partial charge in [0, 0.05) is 11.4 Å². The van der Waals surface area contributed by atoms with E-state index in [0.717, 1.165) is 23.2 Å². The monoisotopic (exact) mass is 374 g/mol. The van der Waals surface area contributed by atoms with Crippen molar-refractivity contribution in [2.75, 3.05) is 6.54 Å². The number of nitrogens with one attached hydrogen (secondary N) is 2. The molecular weight excluding hydrogens is 344 g/mol. The number of aliphatic imine (C=N–C) groups is 1. The third-order valence-electron chi connectivity index (χ3n) is 3.82. The van der Waals surface area contributed by atoms with E-state index in [0.29, 0.717) is 19.7 Å². The molecule has 0 amide bonds. The molecule has 0 saturated carbocycles. The number of aryl methyl sites for hydroxylation is 2. The Bertz CT molecular complexity index is 705. The quantitative estimate of drug-likeness (QED) is 0.543. The van der Waals surface area contributed by atoms with Gasteiger partial charge in [0.1, 0.15) is 5.01 Å². The predicted molar refractivity (Wildman–Crippen MR) is 110 cm³/mol. The van der Waals surface area contributed by atoms with Crippen molar-refractivity contribution in [3.63, 3.8) is 0 Å². The topological polar surface area (TPSA) is 58.5 Å². The maximum Gasteiger partial charge on any atom is 0.191 e. The molecule has 1 aromatic heterocycles. The van der Waals surface area contributed by atoms with Gasteiger partial charge in [-0.3, -0.25) is 0 Å². The van der Waals surface area contributed by atoms with E-state index >= 15 is 0 Å². The molecule has 2 rings (SSSR count). The van der Waals surface area contributed by atoms with E-state index in [1.165, 1.54) is 16.0 Å². The first kappa shape index (κ1) is 20.4. The molecule has 2 N–H and O–H groups in total. The first-order valence-corrected chi connectivity index (χ1v) is 9.94. The van der Waals surface area contributed by atoms with Gasteiger partial charge in [-0.05, 0) is 45.7 Å². The highest BCUT2D eigenvalue weighted by atomic mass is 32.1. The third-order valence-corrected chi connectivity index (χ3v) is 4.89. The second kappa shape index (κ2) is 10.3. The summed E-state index contributed by atoms with van der Waals surface area (Å²) in [7, 11) is 0. The number of hydrogen-bond donors (Lipinski definition) is 2. The minimum absolute atomic E-state index is 0.236. The summed E-state index contributed by atoms with van der Waals surface area (Å²) in [6, 6.07) is 8.40. The molecule has 0 unspecified atom stereocenters. The zero-order valence-electron chi connectivity index (χ0n) is 16.4. The van der Waals surface area contributed by atoms with Gasteiger partial charge in [-0.15, -0.1) is 11.3 Å². The van der Waals surface area contributed by atoms with Crippen molar-refractivity contribution < 1.29 is 4.74 Å². The molecule has 0 aliphatic rings. The van der Waals surface area contributed by atoms with Crippen LogP contribution in [0.4, 0.5) is 0 Å². The molecule has 142 valence electrons. The van der Waals surface area contributed by atoms with E-state index in [4.69, 9.17) is 9.73 Å². The predicted octanol–water partition coefficient (Wildman–Crippen LogP) is 3.94. The molecule has 0 fully saturated rings. The molecule has 26 heavy (non-hydrogen) atoms. The van der Waals surface area contributed by atoms with Crippen molar-refractivity contribution in [3.05, 3.63) is 51.0 Å². The normalized spacial score (nSPS) is 11.8. The number of aromatic nitrogens is 1. The van der Waals surface area contributed by atoms with Gasteiger partial charge in [-0.25, -0.2) is 9.98 Å². The first-order valence-electron chi connectivity index (χ1n) is 9.12. The number of hydrogen-bond acceptors (Lipinski definition) is 4. The van der Waals surface area contributed by atoms with Gasteiger partial charge in [0.05, 0.1) is 31.5 Å². The van der Waals surface area contributed by atoms with E-state index in [2.05, 4.69) is 53.7 Å². The Morgan fingerprint density at radius 1 is 1.23 bits per heavy atom. The Balaban J connectivity index is 1.96. The van der Waals surface area contributed by atoms with Crippen LogP contribution in [0.1, 0.15) is 47.5 Å². The number of guanidine groups is 1. The van der Waals surface area contributed by atoms with Crippen LogP contribution in [0.3, 0.4) is 0 Å². The highest BCUT2D eigenvalue weighted by Gasteiger charge is 2.05. The molecule has 0 saturated heterocycles. The van der Waals surface area contributed by atoms with Crippen molar-refractivity contribution >= 4 is 17.3 Å². The lowest BCUT2D eigenvalue weighted by Gasteiger charge is -2.11. The molecule has 1 aromatic carbocycles. The van der Waals surface area contributed by atoms with Crippen molar-refractivity contribution in [2.45, 2.75) is 60.4 Å². The highest BCUT2D eigenvalue weighted by molar-refractivity contribution is 7.11. The standard InChI is InChI=1S/C20H30N4OS/c1-6-21-20(23-12-19-24-15(4)16(5)26-19)22-11-17-8-7-9-18(10-17)13-25-14(2)3/h7-10,14H,6,11-13H2,1-5H3,(H2,21,22,23). The zero-order chi connectivity index (χ0) is 18.9. The van der Waals surface area contributed by atoms with Crippen LogP contribution in [0.15, 0.2) is 29.3 Å². The summed E-state index contributed by atoms with van der Waals surface area (Å²) >= 11 is 1.73. The van der Waals surface area contributed by atoms with E-state index < -0.39 is 0 Å². The lowest BCUT2D eigenvalue weighted by Crippen LogP contribution is -2.36. The molecule has 0 aliphatic carbocycles. The van der Waals surface area contributed by atoms with Crippen molar-refractivity contribution in [1.29, 1.82) is 0 Å². The van der Waals surface area contributed by atoms with Crippen LogP contribution < -0.4 is 10.6 Å². The minimum Gasteiger partial charge on any atom is -0.374 e. The smallest absolute Gasteiger partial charge is 0.191 e.